The highest BCUT2D eigenvalue weighted by molar-refractivity contribution is 7.99. The summed E-state index contributed by atoms with van der Waals surface area (Å²) >= 11 is 1.38. The lowest BCUT2D eigenvalue weighted by atomic mass is 10.2. The molecule has 2 N–H and O–H groups in total. The maximum atomic E-state index is 11.9. The fourth-order valence-corrected chi connectivity index (χ4v) is 3.15. The van der Waals surface area contributed by atoms with Crippen LogP contribution in [0, 0.1) is 10.1 Å². The molecule has 2 aromatic carbocycles. The van der Waals surface area contributed by atoms with E-state index >= 15 is 0 Å². The zero-order valence-electron chi connectivity index (χ0n) is 13.9. The Hall–Kier alpha value is -3.20. The van der Waals surface area contributed by atoms with Gasteiger partial charge in [-0.1, -0.05) is 12.1 Å². The SMILES string of the molecule is C[n+]1c(SCC(=O)NN=Cc2ccc([N+](=O)[O-])cc2)[nH]c2ccccc21. The number of nitrogens with zero attached hydrogens (tertiary/aromatic N) is 3. The number of aryl methyl sites for hydroxylation is 1. The number of para-hydroxylation sites is 2. The number of non-ortho nitro benzene ring substituents is 1. The predicted octanol–water partition coefficient (Wildman–Crippen LogP) is 2.14. The minimum absolute atomic E-state index is 0.00814. The number of aromatic nitrogens is 2. The molecule has 0 spiro atoms. The first-order valence-electron chi connectivity index (χ1n) is 7.70. The molecule has 8 nitrogen and oxygen atoms in total. The number of carbonyl (C=O) groups is 1. The Kier molecular flexibility index (Phi) is 5.28. The molecule has 0 aliphatic carbocycles. The van der Waals surface area contributed by atoms with Gasteiger partial charge in [-0.3, -0.25) is 14.9 Å². The molecule has 0 radical (unpaired) electrons. The number of benzene rings is 2. The molecule has 0 fully saturated rings. The summed E-state index contributed by atoms with van der Waals surface area (Å²) in [5.41, 5.74) is 5.18. The van der Waals surface area contributed by atoms with Crippen molar-refractivity contribution in [2.45, 2.75) is 5.16 Å². The second-order valence-corrected chi connectivity index (χ2v) is 6.40. The molecule has 3 aromatic rings. The number of nitrogens with one attached hydrogen (secondary N) is 2. The van der Waals surface area contributed by atoms with Gasteiger partial charge in [-0.25, -0.2) is 15.0 Å². The van der Waals surface area contributed by atoms with E-state index in [2.05, 4.69) is 15.5 Å². The van der Waals surface area contributed by atoms with E-state index in [-0.39, 0.29) is 17.3 Å². The van der Waals surface area contributed by atoms with Crippen LogP contribution in [0.3, 0.4) is 0 Å². The van der Waals surface area contributed by atoms with E-state index in [1.54, 1.807) is 12.1 Å². The largest absolute Gasteiger partial charge is 0.317 e. The number of amides is 1. The molecule has 1 heterocycles. The third kappa shape index (κ3) is 4.06. The van der Waals surface area contributed by atoms with Gasteiger partial charge < -0.3 is 0 Å². The highest BCUT2D eigenvalue weighted by Crippen LogP contribution is 2.16. The van der Waals surface area contributed by atoms with Gasteiger partial charge in [-0.15, -0.1) is 0 Å². The van der Waals surface area contributed by atoms with E-state index in [0.717, 1.165) is 16.2 Å². The number of nitro benzene ring substituents is 1. The number of rotatable bonds is 6. The predicted molar refractivity (Wildman–Crippen MR) is 99.0 cm³/mol. The third-order valence-corrected chi connectivity index (χ3v) is 4.71. The number of hydrogen-bond acceptors (Lipinski definition) is 5. The van der Waals surface area contributed by atoms with Crippen molar-refractivity contribution in [1.29, 1.82) is 0 Å². The van der Waals surface area contributed by atoms with Crippen molar-refractivity contribution in [3.8, 4) is 0 Å². The average Bonchev–Trinajstić information content (AvgIpc) is 2.97. The van der Waals surface area contributed by atoms with Gasteiger partial charge in [0.05, 0.1) is 23.9 Å². The second-order valence-electron chi connectivity index (χ2n) is 5.44. The van der Waals surface area contributed by atoms with E-state index in [0.29, 0.717) is 5.56 Å². The quantitative estimate of drug-likeness (QED) is 0.228. The summed E-state index contributed by atoms with van der Waals surface area (Å²) < 4.78 is 1.99. The minimum atomic E-state index is -0.468. The first-order valence-corrected chi connectivity index (χ1v) is 8.69. The molecule has 0 aliphatic heterocycles. The molecule has 0 atom stereocenters. The summed E-state index contributed by atoms with van der Waals surface area (Å²) in [4.78, 5) is 25.3. The molecular weight excluding hydrogens is 354 g/mol. The summed E-state index contributed by atoms with van der Waals surface area (Å²) in [6, 6.07) is 13.8. The highest BCUT2D eigenvalue weighted by atomic mass is 32.2. The Bertz CT molecular complexity index is 982. The lowest BCUT2D eigenvalue weighted by Gasteiger charge is -1.98. The maximum Gasteiger partial charge on any atom is 0.317 e. The topological polar surface area (TPSA) is 104 Å². The van der Waals surface area contributed by atoms with Gasteiger partial charge in [0.1, 0.15) is 0 Å². The van der Waals surface area contributed by atoms with Crippen LogP contribution in [0.5, 0.6) is 0 Å². The van der Waals surface area contributed by atoms with Crippen molar-refractivity contribution in [1.82, 2.24) is 10.4 Å². The van der Waals surface area contributed by atoms with Crippen LogP contribution >= 0.6 is 11.8 Å². The number of hydrogen-bond donors (Lipinski definition) is 2. The van der Waals surface area contributed by atoms with Crippen LogP contribution < -0.4 is 9.99 Å². The number of imidazole rings is 1. The number of nitro groups is 1. The molecule has 1 aromatic heterocycles. The summed E-state index contributed by atoms with van der Waals surface area (Å²) in [5, 5.41) is 15.3. The first-order chi connectivity index (χ1) is 12.5. The number of fused-ring (bicyclic) bond motifs is 1. The standard InChI is InChI=1S/C17H15N5O3S/c1-21-15-5-3-2-4-14(15)19-17(21)26-11-16(23)20-18-10-12-6-8-13(9-7-12)22(24)25/h2-10H,11H2,1H3,(H,20,23)/p+1. The molecule has 0 unspecified atom stereocenters. The average molecular weight is 370 g/mol. The molecular formula is C17H16N5O3S+. The number of thioether (sulfide) groups is 1. The number of hydrazone groups is 1. The van der Waals surface area contributed by atoms with Crippen LogP contribution in [0.15, 0.2) is 58.8 Å². The van der Waals surface area contributed by atoms with E-state index in [9.17, 15) is 14.9 Å². The zero-order chi connectivity index (χ0) is 18.5. The van der Waals surface area contributed by atoms with Gasteiger partial charge >= 0.3 is 5.16 Å². The van der Waals surface area contributed by atoms with Crippen LogP contribution in [0.25, 0.3) is 11.0 Å². The maximum absolute atomic E-state index is 11.9. The molecule has 3 rings (SSSR count). The Morgan fingerprint density at radius 1 is 1.31 bits per heavy atom. The fraction of sp³-hybridized carbons (Fsp3) is 0.118. The van der Waals surface area contributed by atoms with E-state index in [1.807, 2.05) is 35.9 Å². The third-order valence-electron chi connectivity index (χ3n) is 3.66. The zero-order valence-corrected chi connectivity index (χ0v) is 14.7. The van der Waals surface area contributed by atoms with Gasteiger partial charge in [-0.2, -0.15) is 5.10 Å². The van der Waals surface area contributed by atoms with Crippen LogP contribution in [0.4, 0.5) is 5.69 Å². The Morgan fingerprint density at radius 3 is 2.73 bits per heavy atom. The molecule has 26 heavy (non-hydrogen) atoms. The van der Waals surface area contributed by atoms with Gasteiger partial charge in [0, 0.05) is 12.1 Å². The molecule has 0 saturated carbocycles. The summed E-state index contributed by atoms with van der Waals surface area (Å²) in [6.45, 7) is 0. The number of aromatic amines is 1. The van der Waals surface area contributed by atoms with Crippen LogP contribution in [0.1, 0.15) is 5.56 Å². The molecule has 0 saturated heterocycles. The highest BCUT2D eigenvalue weighted by Gasteiger charge is 2.16. The van der Waals surface area contributed by atoms with Crippen molar-refractivity contribution < 1.29 is 14.3 Å². The Labute approximate surface area is 153 Å². The molecule has 1 amide bonds. The van der Waals surface area contributed by atoms with E-state index in [4.69, 9.17) is 0 Å². The molecule has 9 heteroatoms. The molecule has 0 bridgehead atoms. The van der Waals surface area contributed by atoms with Gasteiger partial charge in [-0.05, 0) is 41.6 Å². The lowest BCUT2D eigenvalue weighted by Crippen LogP contribution is -2.30. The van der Waals surface area contributed by atoms with Crippen LogP contribution in [-0.4, -0.2) is 27.8 Å². The summed E-state index contributed by atoms with van der Waals surface area (Å²) in [6.07, 6.45) is 1.44. The van der Waals surface area contributed by atoms with Crippen molar-refractivity contribution >= 4 is 40.6 Å². The van der Waals surface area contributed by atoms with Crippen LogP contribution in [-0.2, 0) is 11.8 Å². The molecule has 132 valence electrons. The summed E-state index contributed by atoms with van der Waals surface area (Å²) in [5.74, 6) is -0.0371. The van der Waals surface area contributed by atoms with E-state index < -0.39 is 4.92 Å². The van der Waals surface area contributed by atoms with E-state index in [1.165, 1.54) is 30.1 Å². The number of H-pyrrole nitrogens is 1. The van der Waals surface area contributed by atoms with Crippen molar-refractivity contribution in [2.75, 3.05) is 5.75 Å². The summed E-state index contributed by atoms with van der Waals surface area (Å²) in [7, 11) is 1.94. The Balaban J connectivity index is 1.53. The fourth-order valence-electron chi connectivity index (χ4n) is 2.34. The van der Waals surface area contributed by atoms with Gasteiger partial charge in [0.25, 0.3) is 11.6 Å². The van der Waals surface area contributed by atoms with Crippen molar-refractivity contribution in [3.05, 3.63) is 64.2 Å². The van der Waals surface area contributed by atoms with Crippen LogP contribution in [0.2, 0.25) is 0 Å². The molecule has 0 aliphatic rings. The van der Waals surface area contributed by atoms with Crippen molar-refractivity contribution in [3.63, 3.8) is 0 Å². The van der Waals surface area contributed by atoms with Crippen molar-refractivity contribution in [2.24, 2.45) is 12.1 Å². The minimum Gasteiger partial charge on any atom is -0.272 e. The smallest absolute Gasteiger partial charge is 0.272 e. The first kappa shape index (κ1) is 17.6. The lowest BCUT2D eigenvalue weighted by molar-refractivity contribution is -0.683. The Morgan fingerprint density at radius 2 is 2.04 bits per heavy atom. The monoisotopic (exact) mass is 370 g/mol. The van der Waals surface area contributed by atoms with Gasteiger partial charge in [0.15, 0.2) is 11.0 Å². The second kappa shape index (κ2) is 7.79. The van der Waals surface area contributed by atoms with Gasteiger partial charge in [0.2, 0.25) is 0 Å². The number of carbonyl (C=O) groups excluding carboxylic acids is 1. The normalized spacial score (nSPS) is 11.1.